The predicted octanol–water partition coefficient (Wildman–Crippen LogP) is 3.04. The lowest BCUT2D eigenvalue weighted by Gasteiger charge is -2.25. The number of nitrogens with two attached hydrogens (primary N) is 1. The van der Waals surface area contributed by atoms with Gasteiger partial charge in [-0.15, -0.1) is 0 Å². The number of hydrogen-bond donors (Lipinski definition) is 2. The lowest BCUT2D eigenvalue weighted by atomic mass is 9.86. The summed E-state index contributed by atoms with van der Waals surface area (Å²) >= 11 is 0. The van der Waals surface area contributed by atoms with Gasteiger partial charge >= 0.3 is 6.18 Å². The summed E-state index contributed by atoms with van der Waals surface area (Å²) in [4.78, 5) is 7.38. The second-order valence-electron chi connectivity index (χ2n) is 6.11. The SMILES string of the molecule is Cc1nn(C)c(Nc2ncc(C(F)(F)F)c(N)n2)c1OCC1CCC1. The molecular formula is C15H19F3N6O. The molecule has 0 aliphatic heterocycles. The van der Waals surface area contributed by atoms with Crippen LogP contribution in [-0.4, -0.2) is 26.4 Å². The number of nitrogen functional groups attached to an aromatic ring is 1. The fourth-order valence-electron chi connectivity index (χ4n) is 2.59. The Labute approximate surface area is 142 Å². The van der Waals surface area contributed by atoms with Gasteiger partial charge < -0.3 is 15.8 Å². The highest BCUT2D eigenvalue weighted by atomic mass is 19.4. The third-order valence-electron chi connectivity index (χ3n) is 4.21. The summed E-state index contributed by atoms with van der Waals surface area (Å²) in [5.74, 6) is 0.848. The molecule has 0 amide bonds. The molecule has 7 nitrogen and oxygen atoms in total. The molecule has 1 saturated carbocycles. The van der Waals surface area contributed by atoms with Gasteiger partial charge in [-0.1, -0.05) is 6.42 Å². The lowest BCUT2D eigenvalue weighted by Crippen LogP contribution is -2.19. The number of nitrogens with one attached hydrogen (secondary N) is 1. The average molecular weight is 356 g/mol. The summed E-state index contributed by atoms with van der Waals surface area (Å²) in [7, 11) is 1.69. The number of rotatable bonds is 5. The first-order chi connectivity index (χ1) is 11.8. The first-order valence-electron chi connectivity index (χ1n) is 7.89. The van der Waals surface area contributed by atoms with Crippen molar-refractivity contribution in [1.82, 2.24) is 19.7 Å². The molecule has 2 aromatic rings. The number of anilines is 3. The first-order valence-corrected chi connectivity index (χ1v) is 7.89. The molecule has 0 spiro atoms. The highest BCUT2D eigenvalue weighted by molar-refractivity contribution is 5.61. The van der Waals surface area contributed by atoms with Gasteiger partial charge in [0.05, 0.1) is 6.61 Å². The molecule has 2 heterocycles. The fourth-order valence-corrected chi connectivity index (χ4v) is 2.59. The number of alkyl halides is 3. The number of aromatic nitrogens is 4. The minimum absolute atomic E-state index is 0.0537. The molecule has 1 aliphatic carbocycles. The van der Waals surface area contributed by atoms with Crippen molar-refractivity contribution in [2.45, 2.75) is 32.4 Å². The Balaban J connectivity index is 1.81. The van der Waals surface area contributed by atoms with Crippen LogP contribution in [0, 0.1) is 12.8 Å². The third kappa shape index (κ3) is 3.62. The maximum absolute atomic E-state index is 12.7. The van der Waals surface area contributed by atoms with Crippen LogP contribution in [0.5, 0.6) is 5.75 Å². The van der Waals surface area contributed by atoms with E-state index in [0.717, 1.165) is 12.8 Å². The Hall–Kier alpha value is -2.52. The van der Waals surface area contributed by atoms with Crippen molar-refractivity contribution in [2.24, 2.45) is 13.0 Å². The molecule has 0 unspecified atom stereocenters. The molecule has 0 saturated heterocycles. The fraction of sp³-hybridized carbons (Fsp3) is 0.533. The van der Waals surface area contributed by atoms with Crippen molar-refractivity contribution in [3.8, 4) is 5.75 Å². The van der Waals surface area contributed by atoms with E-state index in [9.17, 15) is 13.2 Å². The molecule has 2 aromatic heterocycles. The molecule has 0 atom stereocenters. The van der Waals surface area contributed by atoms with Gasteiger partial charge in [-0.2, -0.15) is 23.3 Å². The van der Waals surface area contributed by atoms with Crippen LogP contribution < -0.4 is 15.8 Å². The molecule has 136 valence electrons. The van der Waals surface area contributed by atoms with Gasteiger partial charge in [-0.25, -0.2) is 9.67 Å². The summed E-state index contributed by atoms with van der Waals surface area (Å²) in [6.07, 6.45) is -0.448. The molecule has 10 heteroatoms. The van der Waals surface area contributed by atoms with Crippen LogP contribution in [0.2, 0.25) is 0 Å². The van der Waals surface area contributed by atoms with Gasteiger partial charge in [0, 0.05) is 13.2 Å². The predicted molar refractivity (Wildman–Crippen MR) is 85.5 cm³/mol. The van der Waals surface area contributed by atoms with E-state index in [4.69, 9.17) is 10.5 Å². The summed E-state index contributed by atoms with van der Waals surface area (Å²) < 4.78 is 45.6. The van der Waals surface area contributed by atoms with Gasteiger partial charge in [0.1, 0.15) is 17.1 Å². The van der Waals surface area contributed by atoms with Crippen LogP contribution in [0.3, 0.4) is 0 Å². The van der Waals surface area contributed by atoms with Crippen LogP contribution in [-0.2, 0) is 13.2 Å². The maximum atomic E-state index is 12.7. The molecule has 0 bridgehead atoms. The number of aryl methyl sites for hydroxylation is 2. The molecular weight excluding hydrogens is 337 g/mol. The molecule has 25 heavy (non-hydrogen) atoms. The maximum Gasteiger partial charge on any atom is 0.421 e. The smallest absolute Gasteiger partial charge is 0.421 e. The largest absolute Gasteiger partial charge is 0.488 e. The van der Waals surface area contributed by atoms with Crippen molar-refractivity contribution >= 4 is 17.6 Å². The van der Waals surface area contributed by atoms with E-state index >= 15 is 0 Å². The first kappa shape index (κ1) is 17.3. The Bertz CT molecular complexity index is 769. The second-order valence-corrected chi connectivity index (χ2v) is 6.11. The van der Waals surface area contributed by atoms with Crippen molar-refractivity contribution in [3.05, 3.63) is 17.5 Å². The molecule has 0 aromatic carbocycles. The van der Waals surface area contributed by atoms with Crippen LogP contribution in [0.15, 0.2) is 6.20 Å². The van der Waals surface area contributed by atoms with Gasteiger partial charge in [0.25, 0.3) is 0 Å². The van der Waals surface area contributed by atoms with Crippen molar-refractivity contribution < 1.29 is 17.9 Å². The highest BCUT2D eigenvalue weighted by Crippen LogP contribution is 2.35. The number of nitrogens with zero attached hydrogens (tertiary/aromatic N) is 4. The van der Waals surface area contributed by atoms with Gasteiger partial charge in [0.15, 0.2) is 11.6 Å². The molecule has 1 aliphatic rings. The number of hydrogen-bond acceptors (Lipinski definition) is 6. The van der Waals surface area contributed by atoms with Crippen LogP contribution in [0.25, 0.3) is 0 Å². The number of ether oxygens (including phenoxy) is 1. The average Bonchev–Trinajstić information content (AvgIpc) is 2.71. The highest BCUT2D eigenvalue weighted by Gasteiger charge is 2.34. The zero-order chi connectivity index (χ0) is 18.2. The van der Waals surface area contributed by atoms with Gasteiger partial charge in [-0.3, -0.25) is 0 Å². The Morgan fingerprint density at radius 3 is 2.68 bits per heavy atom. The Morgan fingerprint density at radius 2 is 2.12 bits per heavy atom. The van der Waals surface area contributed by atoms with E-state index in [0.29, 0.717) is 36.0 Å². The van der Waals surface area contributed by atoms with Crippen molar-refractivity contribution in [1.29, 1.82) is 0 Å². The molecule has 3 N–H and O–H groups in total. The zero-order valence-corrected chi connectivity index (χ0v) is 13.9. The molecule has 3 rings (SSSR count). The molecule has 1 fully saturated rings. The Morgan fingerprint density at radius 1 is 1.40 bits per heavy atom. The van der Waals surface area contributed by atoms with E-state index in [1.54, 1.807) is 14.0 Å². The monoisotopic (exact) mass is 356 g/mol. The van der Waals surface area contributed by atoms with Crippen LogP contribution >= 0.6 is 0 Å². The third-order valence-corrected chi connectivity index (χ3v) is 4.21. The van der Waals surface area contributed by atoms with Crippen molar-refractivity contribution in [2.75, 3.05) is 17.7 Å². The summed E-state index contributed by atoms with van der Waals surface area (Å²) in [6, 6.07) is 0. The van der Waals surface area contributed by atoms with Crippen LogP contribution in [0.1, 0.15) is 30.5 Å². The summed E-state index contributed by atoms with van der Waals surface area (Å²) in [6.45, 7) is 2.38. The van der Waals surface area contributed by atoms with Gasteiger partial charge in [0.2, 0.25) is 5.95 Å². The van der Waals surface area contributed by atoms with E-state index in [2.05, 4.69) is 20.4 Å². The standard InChI is InChI=1S/C15H19F3N6O/c1-8-11(25-7-9-4-3-5-9)13(24(2)23-8)22-14-20-6-10(12(19)21-14)15(16,17)18/h6,9H,3-5,7H2,1-2H3,(H3,19,20,21,22). The minimum atomic E-state index is -4.59. The normalized spacial score (nSPS) is 15.1. The minimum Gasteiger partial charge on any atom is -0.488 e. The second kappa shape index (κ2) is 6.41. The van der Waals surface area contributed by atoms with E-state index in [-0.39, 0.29) is 5.95 Å². The summed E-state index contributed by atoms with van der Waals surface area (Å²) in [5.41, 5.74) is 5.00. The van der Waals surface area contributed by atoms with Crippen LogP contribution in [0.4, 0.5) is 30.8 Å². The summed E-state index contributed by atoms with van der Waals surface area (Å²) in [5, 5.41) is 7.12. The topological polar surface area (TPSA) is 90.9 Å². The quantitative estimate of drug-likeness (QED) is 0.856. The van der Waals surface area contributed by atoms with E-state index in [1.165, 1.54) is 11.1 Å². The van der Waals surface area contributed by atoms with Crippen molar-refractivity contribution in [3.63, 3.8) is 0 Å². The number of halogens is 3. The lowest BCUT2D eigenvalue weighted by molar-refractivity contribution is -0.137. The zero-order valence-electron chi connectivity index (χ0n) is 13.9. The van der Waals surface area contributed by atoms with E-state index in [1.807, 2.05) is 0 Å². The van der Waals surface area contributed by atoms with E-state index < -0.39 is 17.6 Å². The Kier molecular flexibility index (Phi) is 4.44. The van der Waals surface area contributed by atoms with Gasteiger partial charge in [-0.05, 0) is 25.7 Å². The molecule has 0 radical (unpaired) electrons.